The summed E-state index contributed by atoms with van der Waals surface area (Å²) in [6.07, 6.45) is 7.10. The fourth-order valence-electron chi connectivity index (χ4n) is 7.23. The van der Waals surface area contributed by atoms with E-state index in [4.69, 9.17) is 14.6 Å². The normalized spacial score (nSPS) is 22.4. The van der Waals surface area contributed by atoms with Gasteiger partial charge in [0.25, 0.3) is 0 Å². The molecule has 2 fully saturated rings. The maximum Gasteiger partial charge on any atom is 0.303 e. The molecule has 6 rings (SSSR count). The van der Waals surface area contributed by atoms with Gasteiger partial charge in [-0.25, -0.2) is 0 Å². The molecule has 0 unspecified atom stereocenters. The zero-order valence-corrected chi connectivity index (χ0v) is 26.3. The molecule has 9 nitrogen and oxygen atoms in total. The van der Waals surface area contributed by atoms with Crippen molar-refractivity contribution in [2.45, 2.75) is 51.0 Å². The summed E-state index contributed by atoms with van der Waals surface area (Å²) in [6.45, 7) is 0.970. The molecular formula is C38H40N2O7. The highest BCUT2D eigenvalue weighted by Crippen LogP contribution is 2.50. The average Bonchev–Trinajstić information content (AvgIpc) is 3.60. The molecule has 3 aromatic rings. The van der Waals surface area contributed by atoms with Crippen molar-refractivity contribution in [3.05, 3.63) is 101 Å². The Morgan fingerprint density at radius 3 is 2.55 bits per heavy atom. The lowest BCUT2D eigenvalue weighted by Crippen LogP contribution is -2.35. The molecule has 2 N–H and O–H groups in total. The molecule has 0 spiro atoms. The van der Waals surface area contributed by atoms with Gasteiger partial charge in [0.05, 0.1) is 30.2 Å². The number of carboxylic acids is 1. The lowest BCUT2D eigenvalue weighted by Gasteiger charge is -2.31. The minimum Gasteiger partial charge on any atom is -0.508 e. The van der Waals surface area contributed by atoms with Crippen molar-refractivity contribution in [1.82, 2.24) is 9.88 Å². The van der Waals surface area contributed by atoms with Crippen molar-refractivity contribution < 1.29 is 34.1 Å². The fraction of sp³-hybridized carbons (Fsp3) is 0.368. The number of likely N-dealkylation sites (tertiary alicyclic amines) is 1. The van der Waals surface area contributed by atoms with Crippen LogP contribution in [0.4, 0.5) is 0 Å². The number of fused-ring (bicyclic) bond motifs is 3. The molecule has 4 atom stereocenters. The molecule has 2 aliphatic heterocycles. The first-order valence-electron chi connectivity index (χ1n) is 16.4. The van der Waals surface area contributed by atoms with E-state index in [2.05, 4.69) is 4.98 Å². The van der Waals surface area contributed by atoms with Crippen LogP contribution in [-0.2, 0) is 19.1 Å². The van der Waals surface area contributed by atoms with Crippen LogP contribution < -0.4 is 4.74 Å². The summed E-state index contributed by atoms with van der Waals surface area (Å²) in [6, 6.07) is 22.5. The number of nitrogens with zero attached hydrogens (tertiary/aromatic N) is 2. The van der Waals surface area contributed by atoms with E-state index >= 15 is 0 Å². The second-order valence-corrected chi connectivity index (χ2v) is 12.5. The topological polar surface area (TPSA) is 126 Å². The lowest BCUT2D eigenvalue weighted by molar-refractivity contribution is -0.141. The maximum atomic E-state index is 13.8. The standard InChI is InChI=1S/C38H40N2O7/c41-28-11-9-10-25(21-28)20-26(32-14-6-7-18-39-32)16-17-33-35-27(23-46-29-12-3-1-4-13-29)22-30-36(31(35)24-47-33)38(45)40(37(30)44)19-8-2-5-15-34(42)43/h1,3-4,6-7,9-14,18,20-21,30-31,33,36,41H,2,5,8,15-17,19,22-24H2,(H,42,43)/b26-20-/t30-,31+,33-,36-/m1/s1. The molecule has 0 bridgehead atoms. The minimum atomic E-state index is -0.842. The molecule has 1 aliphatic carbocycles. The number of allylic oxidation sites excluding steroid dienone is 1. The Morgan fingerprint density at radius 2 is 1.79 bits per heavy atom. The number of phenols is 1. The highest BCUT2D eigenvalue weighted by atomic mass is 16.5. The number of carbonyl (C=O) groups excluding carboxylic acids is 2. The number of imide groups is 1. The maximum absolute atomic E-state index is 13.8. The number of aromatic nitrogens is 1. The number of hydrogen-bond donors (Lipinski definition) is 2. The summed E-state index contributed by atoms with van der Waals surface area (Å²) in [5, 5.41) is 19.0. The first kappa shape index (κ1) is 32.2. The first-order valence-corrected chi connectivity index (χ1v) is 16.4. The van der Waals surface area contributed by atoms with Crippen molar-refractivity contribution >= 4 is 29.4 Å². The van der Waals surface area contributed by atoms with Gasteiger partial charge in [0.2, 0.25) is 11.8 Å². The van der Waals surface area contributed by atoms with Gasteiger partial charge in [0.15, 0.2) is 0 Å². The highest BCUT2D eigenvalue weighted by molar-refractivity contribution is 6.06. The van der Waals surface area contributed by atoms with Crippen LogP contribution in [0.2, 0.25) is 0 Å². The Balaban J connectivity index is 1.24. The third-order valence-corrected chi connectivity index (χ3v) is 9.41. The molecule has 3 heterocycles. The number of pyridine rings is 1. The Kier molecular flexibility index (Phi) is 10.1. The summed E-state index contributed by atoms with van der Waals surface area (Å²) in [5.74, 6) is -1.35. The van der Waals surface area contributed by atoms with Gasteiger partial charge in [-0.2, -0.15) is 0 Å². The van der Waals surface area contributed by atoms with E-state index in [1.54, 1.807) is 18.3 Å². The van der Waals surface area contributed by atoms with Crippen LogP contribution in [0.3, 0.4) is 0 Å². The Bertz CT molecular complexity index is 1650. The Morgan fingerprint density at radius 1 is 0.957 bits per heavy atom. The highest BCUT2D eigenvalue weighted by Gasteiger charge is 2.56. The molecule has 2 amide bonds. The van der Waals surface area contributed by atoms with Gasteiger partial charge in [0.1, 0.15) is 18.1 Å². The van der Waals surface area contributed by atoms with Crippen molar-refractivity contribution in [3.8, 4) is 11.5 Å². The number of rotatable bonds is 14. The van der Waals surface area contributed by atoms with Gasteiger partial charge in [-0.15, -0.1) is 0 Å². The molecule has 0 saturated carbocycles. The van der Waals surface area contributed by atoms with Gasteiger partial charge in [-0.3, -0.25) is 24.3 Å². The van der Waals surface area contributed by atoms with Crippen molar-refractivity contribution in [2.24, 2.45) is 17.8 Å². The third-order valence-electron chi connectivity index (χ3n) is 9.41. The molecule has 47 heavy (non-hydrogen) atoms. The molecule has 2 aromatic carbocycles. The van der Waals surface area contributed by atoms with Crippen LogP contribution in [-0.4, -0.2) is 63.7 Å². The summed E-state index contributed by atoms with van der Waals surface area (Å²) in [4.78, 5) is 44.3. The quantitative estimate of drug-likeness (QED) is 0.123. The Hall–Kier alpha value is -4.76. The van der Waals surface area contributed by atoms with Crippen LogP contribution in [0.1, 0.15) is 56.2 Å². The van der Waals surface area contributed by atoms with Crippen molar-refractivity contribution in [3.63, 3.8) is 0 Å². The number of unbranched alkanes of at least 4 members (excludes halogenated alkanes) is 2. The van der Waals surface area contributed by atoms with E-state index in [1.807, 2.05) is 66.7 Å². The average molecular weight is 637 g/mol. The van der Waals surface area contributed by atoms with Crippen LogP contribution >= 0.6 is 0 Å². The van der Waals surface area contributed by atoms with Crippen molar-refractivity contribution in [1.29, 1.82) is 0 Å². The Labute approximate surface area is 274 Å². The molecular weight excluding hydrogens is 596 g/mol. The number of phenolic OH excluding ortho intramolecular Hbond substituents is 1. The number of aliphatic carboxylic acids is 1. The van der Waals surface area contributed by atoms with E-state index in [-0.39, 0.29) is 36.0 Å². The smallest absolute Gasteiger partial charge is 0.303 e. The number of hydrogen-bond acceptors (Lipinski definition) is 7. The predicted octanol–water partition coefficient (Wildman–Crippen LogP) is 6.15. The molecule has 0 radical (unpaired) electrons. The minimum absolute atomic E-state index is 0.0804. The third kappa shape index (κ3) is 7.46. The SMILES string of the molecule is O=C(O)CCCCCN1C(=O)[C@@H]2[C@@H](CC(COc3ccccc3)=C3[C@@H](CC/C(=C/c4cccc(O)c4)c4ccccn4)OC[C@@H]32)C1=O. The number of aromatic hydroxyl groups is 1. The van der Waals surface area contributed by atoms with Gasteiger partial charge in [-0.1, -0.05) is 42.8 Å². The zero-order chi connectivity index (χ0) is 32.8. The largest absolute Gasteiger partial charge is 0.508 e. The number of benzene rings is 2. The number of carboxylic acid groups (broad SMARTS) is 1. The van der Waals surface area contributed by atoms with Crippen molar-refractivity contribution in [2.75, 3.05) is 19.8 Å². The number of para-hydroxylation sites is 1. The number of amides is 2. The summed E-state index contributed by atoms with van der Waals surface area (Å²) < 4.78 is 12.7. The van der Waals surface area contributed by atoms with E-state index in [9.17, 15) is 19.5 Å². The molecule has 9 heteroatoms. The van der Waals surface area contributed by atoms with Crippen LogP contribution in [0.5, 0.6) is 11.5 Å². The predicted molar refractivity (Wildman–Crippen MR) is 176 cm³/mol. The summed E-state index contributed by atoms with van der Waals surface area (Å²) >= 11 is 0. The molecule has 244 valence electrons. The lowest BCUT2D eigenvalue weighted by atomic mass is 9.69. The second kappa shape index (κ2) is 14.8. The number of carbonyl (C=O) groups is 3. The van der Waals surface area contributed by atoms with E-state index in [1.165, 1.54) is 4.90 Å². The summed E-state index contributed by atoms with van der Waals surface area (Å²) in [7, 11) is 0. The van der Waals surface area contributed by atoms with Gasteiger partial charge >= 0.3 is 5.97 Å². The van der Waals surface area contributed by atoms with Gasteiger partial charge in [0, 0.05) is 25.1 Å². The monoisotopic (exact) mass is 636 g/mol. The van der Waals surface area contributed by atoms with E-state index < -0.39 is 17.8 Å². The number of ether oxygens (including phenoxy) is 2. The van der Waals surface area contributed by atoms with Crippen LogP contribution in [0.25, 0.3) is 11.6 Å². The van der Waals surface area contributed by atoms with E-state index in [0.717, 1.165) is 33.7 Å². The first-order chi connectivity index (χ1) is 22.9. The van der Waals surface area contributed by atoms with Gasteiger partial charge in [-0.05, 0) is 96.9 Å². The zero-order valence-electron chi connectivity index (χ0n) is 26.3. The van der Waals surface area contributed by atoms with Gasteiger partial charge < -0.3 is 19.7 Å². The van der Waals surface area contributed by atoms with Crippen LogP contribution in [0, 0.1) is 17.8 Å². The molecule has 2 saturated heterocycles. The fourth-order valence-corrected chi connectivity index (χ4v) is 7.23. The van der Waals surface area contributed by atoms with E-state index in [0.29, 0.717) is 58.3 Å². The molecule has 1 aromatic heterocycles. The second-order valence-electron chi connectivity index (χ2n) is 12.5. The summed E-state index contributed by atoms with van der Waals surface area (Å²) in [5.41, 5.74) is 4.80. The molecule has 3 aliphatic rings. The van der Waals surface area contributed by atoms with Crippen LogP contribution in [0.15, 0.2) is 90.1 Å².